The van der Waals surface area contributed by atoms with E-state index in [1.54, 1.807) is 0 Å². The van der Waals surface area contributed by atoms with Gasteiger partial charge in [-0.2, -0.15) is 0 Å². The van der Waals surface area contributed by atoms with Crippen LogP contribution < -0.4 is 4.90 Å². The highest BCUT2D eigenvalue weighted by Crippen LogP contribution is 2.64. The predicted molar refractivity (Wildman–Crippen MR) is 251 cm³/mol. The van der Waals surface area contributed by atoms with Gasteiger partial charge in [0.05, 0.1) is 16.8 Å². The normalized spacial score (nSPS) is 13.6. The lowest BCUT2D eigenvalue weighted by molar-refractivity contribution is 0.673. The van der Waals surface area contributed by atoms with Gasteiger partial charge in [0.1, 0.15) is 0 Å². The Morgan fingerprint density at radius 1 is 0.400 bits per heavy atom. The molecule has 1 heterocycles. The zero-order valence-corrected chi connectivity index (χ0v) is 33.8. The van der Waals surface area contributed by atoms with E-state index in [0.717, 1.165) is 12.8 Å². The fourth-order valence-electron chi connectivity index (χ4n) is 10.4. The maximum atomic E-state index is 2.47. The van der Waals surface area contributed by atoms with Crippen molar-refractivity contribution in [2.75, 3.05) is 4.90 Å². The van der Waals surface area contributed by atoms with Crippen LogP contribution in [0.3, 0.4) is 0 Å². The van der Waals surface area contributed by atoms with E-state index in [4.69, 9.17) is 0 Å². The average Bonchev–Trinajstić information content (AvgIpc) is 3.62. The van der Waals surface area contributed by atoms with Gasteiger partial charge < -0.3 is 4.90 Å². The lowest BCUT2D eigenvalue weighted by Gasteiger charge is -2.45. The molecule has 2 aliphatic rings. The van der Waals surface area contributed by atoms with Crippen molar-refractivity contribution in [2.45, 2.75) is 31.1 Å². The molecule has 0 saturated heterocycles. The monoisotopic (exact) mass is 767 g/mol. The topological polar surface area (TPSA) is 3.24 Å². The zero-order chi connectivity index (χ0) is 40.0. The number of hydrogen-bond acceptors (Lipinski definition) is 1. The highest BCUT2D eigenvalue weighted by atomic mass is 15.2. The van der Waals surface area contributed by atoms with Crippen molar-refractivity contribution in [3.8, 4) is 33.4 Å². The Morgan fingerprint density at radius 2 is 0.883 bits per heavy atom. The van der Waals surface area contributed by atoms with Gasteiger partial charge in [-0.3, -0.25) is 0 Å². The van der Waals surface area contributed by atoms with E-state index in [1.165, 1.54) is 95.0 Å². The van der Waals surface area contributed by atoms with Crippen LogP contribution in [-0.2, 0) is 18.3 Å². The van der Waals surface area contributed by atoms with Crippen LogP contribution in [0.15, 0.2) is 224 Å². The van der Waals surface area contributed by atoms with Crippen LogP contribution in [0.25, 0.3) is 33.4 Å². The maximum absolute atomic E-state index is 2.47. The molecule has 11 rings (SSSR count). The third-order valence-corrected chi connectivity index (χ3v) is 13.2. The van der Waals surface area contributed by atoms with Gasteiger partial charge in [0.15, 0.2) is 0 Å². The Morgan fingerprint density at radius 3 is 1.48 bits per heavy atom. The number of benzene rings is 9. The lowest BCUT2D eigenvalue weighted by Crippen LogP contribution is -2.36. The highest BCUT2D eigenvalue weighted by molar-refractivity contribution is 5.96. The summed E-state index contributed by atoms with van der Waals surface area (Å²) in [5, 5.41) is 0. The van der Waals surface area contributed by atoms with E-state index in [1.807, 2.05) is 0 Å². The minimum absolute atomic E-state index is 0.272. The SMILES string of the molecule is Cc1c(CC(Cc2ccc(-c3ccccc3)cc2)c2ccc(-c3ccccc3)cc2)ccc2c1C1(c3ccccc3-2)c2ccccc2N(c2ccccc2)c2ccccc21. The largest absolute Gasteiger partial charge is 0.310 e. The number of nitrogens with zero attached hydrogens (tertiary/aromatic N) is 1. The smallest absolute Gasteiger partial charge is 0.0756 e. The maximum Gasteiger partial charge on any atom is 0.0756 e. The first-order chi connectivity index (χ1) is 29.7. The van der Waals surface area contributed by atoms with Crippen molar-refractivity contribution in [2.24, 2.45) is 0 Å². The quantitative estimate of drug-likeness (QED) is 0.149. The molecular formula is C59H45N. The van der Waals surface area contributed by atoms with Gasteiger partial charge in [0.25, 0.3) is 0 Å². The molecule has 1 nitrogen and oxygen atoms in total. The second-order valence-electron chi connectivity index (χ2n) is 16.4. The van der Waals surface area contributed by atoms with Crippen molar-refractivity contribution in [1.29, 1.82) is 0 Å². The summed E-state index contributed by atoms with van der Waals surface area (Å²) >= 11 is 0. The predicted octanol–water partition coefficient (Wildman–Crippen LogP) is 15.0. The molecule has 0 N–H and O–H groups in total. The first-order valence-corrected chi connectivity index (χ1v) is 21.3. The average molecular weight is 768 g/mol. The second-order valence-corrected chi connectivity index (χ2v) is 16.4. The molecule has 0 aromatic heterocycles. The van der Waals surface area contributed by atoms with Crippen LogP contribution in [0.5, 0.6) is 0 Å². The first-order valence-electron chi connectivity index (χ1n) is 21.3. The standard InChI is InChI=1S/C59H45N/c1-41-48(40-49(47-35-33-46(34-36-47)44-19-7-3-8-20-44)39-42-29-31-45(32-30-42)43-17-5-2-6-18-43)37-38-52-51-23-11-12-24-53(51)59(58(41)52)54-25-13-15-27-56(54)60(50-21-9-4-10-22-50)57-28-16-14-26-55(57)59/h2-38,49H,39-40H2,1H3. The molecule has 1 unspecified atom stereocenters. The summed E-state index contributed by atoms with van der Waals surface area (Å²) in [7, 11) is 0. The first kappa shape index (κ1) is 35.9. The van der Waals surface area contributed by atoms with E-state index in [9.17, 15) is 0 Å². The molecule has 0 fully saturated rings. The van der Waals surface area contributed by atoms with Crippen molar-refractivity contribution in [1.82, 2.24) is 0 Å². The van der Waals surface area contributed by atoms with Crippen LogP contribution in [0, 0.1) is 6.92 Å². The fraction of sp³-hybridized carbons (Fsp3) is 0.0847. The Kier molecular flexibility index (Phi) is 8.89. The molecule has 0 bridgehead atoms. The Balaban J connectivity index is 1.06. The molecular weight excluding hydrogens is 723 g/mol. The van der Waals surface area contributed by atoms with E-state index < -0.39 is 5.41 Å². The molecule has 1 spiro atoms. The van der Waals surface area contributed by atoms with Crippen LogP contribution in [0.1, 0.15) is 50.4 Å². The molecule has 286 valence electrons. The van der Waals surface area contributed by atoms with E-state index in [2.05, 4.69) is 236 Å². The number of anilines is 3. The van der Waals surface area contributed by atoms with E-state index in [-0.39, 0.29) is 5.92 Å². The van der Waals surface area contributed by atoms with Crippen molar-refractivity contribution in [3.05, 3.63) is 269 Å². The zero-order valence-electron chi connectivity index (χ0n) is 33.8. The van der Waals surface area contributed by atoms with Gasteiger partial charge in [-0.05, 0) is 128 Å². The summed E-state index contributed by atoms with van der Waals surface area (Å²) in [5.74, 6) is 0.272. The van der Waals surface area contributed by atoms with Gasteiger partial charge >= 0.3 is 0 Å². The van der Waals surface area contributed by atoms with Gasteiger partial charge in [-0.15, -0.1) is 0 Å². The molecule has 1 heteroatoms. The molecule has 0 radical (unpaired) electrons. The molecule has 0 amide bonds. The third kappa shape index (κ3) is 5.84. The summed E-state index contributed by atoms with van der Waals surface area (Å²) in [5.41, 5.74) is 21.7. The van der Waals surface area contributed by atoms with Gasteiger partial charge in [0, 0.05) is 5.69 Å². The fourth-order valence-corrected chi connectivity index (χ4v) is 10.4. The van der Waals surface area contributed by atoms with Gasteiger partial charge in [-0.1, -0.05) is 200 Å². The number of rotatable bonds is 8. The Bertz CT molecular complexity index is 2920. The summed E-state index contributed by atoms with van der Waals surface area (Å²) < 4.78 is 0. The van der Waals surface area contributed by atoms with Gasteiger partial charge in [-0.25, -0.2) is 0 Å². The second kappa shape index (κ2) is 14.9. The molecule has 9 aromatic carbocycles. The summed E-state index contributed by atoms with van der Waals surface area (Å²) in [6.45, 7) is 2.40. The summed E-state index contributed by atoms with van der Waals surface area (Å²) in [6.07, 6.45) is 1.87. The van der Waals surface area contributed by atoms with Crippen LogP contribution in [0.2, 0.25) is 0 Å². The summed E-state index contributed by atoms with van der Waals surface area (Å²) in [4.78, 5) is 2.47. The number of para-hydroxylation sites is 3. The molecule has 60 heavy (non-hydrogen) atoms. The molecule has 1 aliphatic carbocycles. The van der Waals surface area contributed by atoms with Crippen LogP contribution in [-0.4, -0.2) is 0 Å². The molecule has 1 atom stereocenters. The van der Waals surface area contributed by atoms with E-state index >= 15 is 0 Å². The third-order valence-electron chi connectivity index (χ3n) is 13.2. The highest BCUT2D eigenvalue weighted by Gasteiger charge is 2.52. The molecule has 9 aromatic rings. The van der Waals surface area contributed by atoms with Crippen LogP contribution >= 0.6 is 0 Å². The Hall–Kier alpha value is -7.22. The lowest BCUT2D eigenvalue weighted by atomic mass is 9.63. The number of fused-ring (bicyclic) bond motifs is 9. The minimum Gasteiger partial charge on any atom is -0.310 e. The minimum atomic E-state index is -0.482. The molecule has 1 aliphatic heterocycles. The van der Waals surface area contributed by atoms with E-state index in [0.29, 0.717) is 0 Å². The molecule has 0 saturated carbocycles. The number of hydrogen-bond donors (Lipinski definition) is 0. The van der Waals surface area contributed by atoms with Crippen molar-refractivity contribution in [3.63, 3.8) is 0 Å². The van der Waals surface area contributed by atoms with Crippen molar-refractivity contribution < 1.29 is 0 Å². The Labute approximate surface area is 353 Å². The van der Waals surface area contributed by atoms with Gasteiger partial charge in [0.2, 0.25) is 0 Å². The van der Waals surface area contributed by atoms with Crippen LogP contribution in [0.4, 0.5) is 17.1 Å². The summed E-state index contributed by atoms with van der Waals surface area (Å²) in [6, 6.07) is 83.2. The van der Waals surface area contributed by atoms with Crippen molar-refractivity contribution >= 4 is 17.1 Å².